The lowest BCUT2D eigenvalue weighted by atomic mass is 10.3. The normalized spacial score (nSPS) is 17.0. The molecule has 76 valence electrons. The van der Waals surface area contributed by atoms with E-state index in [0.717, 1.165) is 24.6 Å². The van der Waals surface area contributed by atoms with Crippen molar-refractivity contribution in [2.24, 2.45) is 0 Å². The van der Waals surface area contributed by atoms with Crippen LogP contribution in [0.1, 0.15) is 5.82 Å². The molecule has 6 nitrogen and oxygen atoms in total. The summed E-state index contributed by atoms with van der Waals surface area (Å²) in [5.74, 6) is 2.61. The molecule has 1 aromatic rings. The van der Waals surface area contributed by atoms with E-state index in [4.69, 9.17) is 0 Å². The largest absolute Gasteiger partial charge is 0.341 e. The Morgan fingerprint density at radius 1 is 1.50 bits per heavy atom. The van der Waals surface area contributed by atoms with Crippen LogP contribution in [0.15, 0.2) is 0 Å². The van der Waals surface area contributed by atoms with E-state index in [0.29, 0.717) is 5.82 Å². The van der Waals surface area contributed by atoms with Crippen molar-refractivity contribution in [1.82, 2.24) is 25.5 Å². The first-order valence-electron chi connectivity index (χ1n) is 4.44. The maximum Gasteiger partial charge on any atom is 0.230 e. The topological polar surface area (TPSA) is 74.8 Å². The SMILES string of the molecule is O=C(Cc1nn[nH]n1)N1CCSCC1. The minimum Gasteiger partial charge on any atom is -0.341 e. The van der Waals surface area contributed by atoms with E-state index >= 15 is 0 Å². The Kier molecular flexibility index (Phi) is 2.97. The maximum absolute atomic E-state index is 11.7. The van der Waals surface area contributed by atoms with Gasteiger partial charge in [-0.2, -0.15) is 17.0 Å². The summed E-state index contributed by atoms with van der Waals surface area (Å²) in [5, 5.41) is 13.2. The lowest BCUT2D eigenvalue weighted by molar-refractivity contribution is -0.130. The summed E-state index contributed by atoms with van der Waals surface area (Å²) in [6.45, 7) is 1.67. The Morgan fingerprint density at radius 3 is 2.93 bits per heavy atom. The number of amides is 1. The van der Waals surface area contributed by atoms with Gasteiger partial charge in [0.05, 0.1) is 6.42 Å². The number of aromatic nitrogens is 4. The van der Waals surface area contributed by atoms with Gasteiger partial charge in [-0.05, 0) is 0 Å². The molecule has 1 aliphatic rings. The van der Waals surface area contributed by atoms with E-state index in [-0.39, 0.29) is 12.3 Å². The first-order valence-corrected chi connectivity index (χ1v) is 5.59. The number of hydrogen-bond donors (Lipinski definition) is 1. The zero-order valence-corrected chi connectivity index (χ0v) is 8.46. The summed E-state index contributed by atoms with van der Waals surface area (Å²) in [7, 11) is 0. The number of H-pyrrole nitrogens is 1. The summed E-state index contributed by atoms with van der Waals surface area (Å²) in [4.78, 5) is 13.5. The highest BCUT2D eigenvalue weighted by atomic mass is 32.2. The van der Waals surface area contributed by atoms with E-state index < -0.39 is 0 Å². The van der Waals surface area contributed by atoms with Crippen LogP contribution in [0, 0.1) is 0 Å². The molecule has 0 spiro atoms. The van der Waals surface area contributed by atoms with Gasteiger partial charge in [0.25, 0.3) is 0 Å². The average molecular weight is 213 g/mol. The molecule has 0 aromatic carbocycles. The molecule has 2 rings (SSSR count). The van der Waals surface area contributed by atoms with E-state index in [1.54, 1.807) is 0 Å². The third kappa shape index (κ3) is 2.22. The molecule has 0 saturated carbocycles. The van der Waals surface area contributed by atoms with Crippen LogP contribution >= 0.6 is 11.8 Å². The molecular weight excluding hydrogens is 202 g/mol. The molecule has 1 amide bonds. The van der Waals surface area contributed by atoms with Crippen molar-refractivity contribution < 1.29 is 4.79 Å². The summed E-state index contributed by atoms with van der Waals surface area (Å²) in [6, 6.07) is 0. The Morgan fingerprint density at radius 2 is 2.29 bits per heavy atom. The minimum absolute atomic E-state index is 0.0895. The van der Waals surface area contributed by atoms with E-state index in [1.807, 2.05) is 16.7 Å². The first kappa shape index (κ1) is 9.45. The van der Waals surface area contributed by atoms with Gasteiger partial charge in [-0.25, -0.2) is 0 Å². The molecule has 1 N–H and O–H groups in total. The molecule has 1 aromatic heterocycles. The number of carbonyl (C=O) groups is 1. The van der Waals surface area contributed by atoms with Crippen molar-refractivity contribution in [2.45, 2.75) is 6.42 Å². The number of rotatable bonds is 2. The summed E-state index contributed by atoms with van der Waals surface area (Å²) < 4.78 is 0. The summed E-state index contributed by atoms with van der Waals surface area (Å²) in [5.41, 5.74) is 0. The van der Waals surface area contributed by atoms with Crippen molar-refractivity contribution >= 4 is 17.7 Å². The van der Waals surface area contributed by atoms with Gasteiger partial charge in [0.2, 0.25) is 5.91 Å². The molecule has 0 bridgehead atoms. The lowest BCUT2D eigenvalue weighted by Gasteiger charge is -2.25. The molecule has 0 atom stereocenters. The Bertz CT molecular complexity index is 295. The molecule has 14 heavy (non-hydrogen) atoms. The minimum atomic E-state index is 0.0895. The number of carbonyl (C=O) groups excluding carboxylic acids is 1. The number of nitrogens with one attached hydrogen (secondary N) is 1. The van der Waals surface area contributed by atoms with E-state index in [9.17, 15) is 4.79 Å². The van der Waals surface area contributed by atoms with Gasteiger partial charge < -0.3 is 4.90 Å². The van der Waals surface area contributed by atoms with E-state index in [1.165, 1.54) is 0 Å². The van der Waals surface area contributed by atoms with Crippen molar-refractivity contribution in [3.63, 3.8) is 0 Å². The number of tetrazole rings is 1. The second-order valence-corrected chi connectivity index (χ2v) is 4.22. The Hall–Kier alpha value is -1.11. The monoisotopic (exact) mass is 213 g/mol. The Labute approximate surface area is 85.4 Å². The number of thioether (sulfide) groups is 1. The molecule has 1 saturated heterocycles. The van der Waals surface area contributed by atoms with Crippen molar-refractivity contribution in [2.75, 3.05) is 24.6 Å². The molecule has 0 unspecified atom stereocenters. The standard InChI is InChI=1S/C7H11N5OS/c13-7(5-6-8-10-11-9-6)12-1-3-14-4-2-12/h1-5H2,(H,8,9,10,11). The molecule has 1 aliphatic heterocycles. The molecule has 1 fully saturated rings. The fraction of sp³-hybridized carbons (Fsp3) is 0.714. The summed E-state index contributed by atoms with van der Waals surface area (Å²) >= 11 is 1.88. The fourth-order valence-corrected chi connectivity index (χ4v) is 2.22. The predicted molar refractivity (Wildman–Crippen MR) is 51.8 cm³/mol. The fourth-order valence-electron chi connectivity index (χ4n) is 1.32. The van der Waals surface area contributed by atoms with Gasteiger partial charge in [-0.3, -0.25) is 4.79 Å². The average Bonchev–Trinajstić information content (AvgIpc) is 2.72. The van der Waals surface area contributed by atoms with Gasteiger partial charge in [0, 0.05) is 24.6 Å². The van der Waals surface area contributed by atoms with Gasteiger partial charge in [0.1, 0.15) is 0 Å². The highest BCUT2D eigenvalue weighted by Gasteiger charge is 2.18. The second kappa shape index (κ2) is 4.41. The van der Waals surface area contributed by atoms with Crippen molar-refractivity contribution in [1.29, 1.82) is 0 Å². The zero-order valence-electron chi connectivity index (χ0n) is 7.64. The van der Waals surface area contributed by atoms with Crippen LogP contribution in [-0.2, 0) is 11.2 Å². The molecule has 0 aliphatic carbocycles. The molecule has 7 heteroatoms. The number of aromatic amines is 1. The highest BCUT2D eigenvalue weighted by molar-refractivity contribution is 7.99. The van der Waals surface area contributed by atoms with Gasteiger partial charge in [0.15, 0.2) is 5.82 Å². The zero-order chi connectivity index (χ0) is 9.80. The maximum atomic E-state index is 11.7. The molecule has 0 radical (unpaired) electrons. The van der Waals surface area contributed by atoms with Gasteiger partial charge in [-0.1, -0.05) is 5.21 Å². The van der Waals surface area contributed by atoms with Crippen LogP contribution < -0.4 is 0 Å². The Balaban J connectivity index is 1.88. The van der Waals surface area contributed by atoms with Crippen LogP contribution in [0.5, 0.6) is 0 Å². The lowest BCUT2D eigenvalue weighted by Crippen LogP contribution is -2.38. The predicted octanol–water partition coefficient (Wildman–Crippen LogP) is -0.682. The smallest absolute Gasteiger partial charge is 0.230 e. The van der Waals surface area contributed by atoms with Gasteiger partial charge in [-0.15, -0.1) is 10.2 Å². The number of nitrogens with zero attached hydrogens (tertiary/aromatic N) is 4. The van der Waals surface area contributed by atoms with Crippen LogP contribution in [0.3, 0.4) is 0 Å². The highest BCUT2D eigenvalue weighted by Crippen LogP contribution is 2.09. The van der Waals surface area contributed by atoms with Gasteiger partial charge >= 0.3 is 0 Å². The molecule has 2 heterocycles. The third-order valence-corrected chi connectivity index (χ3v) is 3.00. The summed E-state index contributed by atoms with van der Waals surface area (Å²) in [6.07, 6.45) is 0.251. The van der Waals surface area contributed by atoms with Crippen LogP contribution in [0.25, 0.3) is 0 Å². The van der Waals surface area contributed by atoms with Crippen LogP contribution in [-0.4, -0.2) is 56.0 Å². The number of hydrogen-bond acceptors (Lipinski definition) is 5. The van der Waals surface area contributed by atoms with Crippen molar-refractivity contribution in [3.05, 3.63) is 5.82 Å². The second-order valence-electron chi connectivity index (χ2n) is 3.00. The first-order chi connectivity index (χ1) is 6.86. The van der Waals surface area contributed by atoms with E-state index in [2.05, 4.69) is 20.6 Å². The third-order valence-electron chi connectivity index (χ3n) is 2.06. The molecular formula is C7H11N5OS. The van der Waals surface area contributed by atoms with Crippen LogP contribution in [0.4, 0.5) is 0 Å². The van der Waals surface area contributed by atoms with Crippen LogP contribution in [0.2, 0.25) is 0 Å². The van der Waals surface area contributed by atoms with Crippen molar-refractivity contribution in [3.8, 4) is 0 Å². The quantitative estimate of drug-likeness (QED) is 0.704.